The SMILES string of the molecule is CCCc1nc(-c2cnc3ccc(-c4cn(C(c5ccccc5)(c5ccccc5)C5C=CC=CC5)nc4-c4ccc(F)cc4F)cn23)no1. The van der Waals surface area contributed by atoms with Crippen molar-refractivity contribution in [3.05, 3.63) is 163 Å². The van der Waals surface area contributed by atoms with Gasteiger partial charge in [0, 0.05) is 47.5 Å². The van der Waals surface area contributed by atoms with Gasteiger partial charge in [-0.25, -0.2) is 13.8 Å². The Hall–Kier alpha value is -5.96. The molecule has 9 heteroatoms. The number of imidazole rings is 1. The number of fused-ring (bicyclic) bond motifs is 1. The second-order valence-corrected chi connectivity index (χ2v) is 12.2. The van der Waals surface area contributed by atoms with Crippen LogP contribution in [0, 0.1) is 17.6 Å². The average Bonchev–Trinajstić information content (AvgIpc) is 3.89. The number of aryl methyl sites for hydroxylation is 1. The molecule has 3 aromatic carbocycles. The predicted molar refractivity (Wildman–Crippen MR) is 185 cm³/mol. The molecule has 1 aliphatic rings. The molecule has 0 saturated carbocycles. The maximum atomic E-state index is 15.7. The molecule has 0 fully saturated rings. The Balaban J connectivity index is 1.40. The molecule has 1 atom stereocenters. The molecule has 1 unspecified atom stereocenters. The second kappa shape index (κ2) is 12.6. The Kier molecular flexibility index (Phi) is 7.80. The molecule has 0 amide bonds. The van der Waals surface area contributed by atoms with Crippen molar-refractivity contribution in [2.24, 2.45) is 5.92 Å². The van der Waals surface area contributed by atoms with Gasteiger partial charge in [0.05, 0.1) is 6.20 Å². The number of pyridine rings is 1. The lowest BCUT2D eigenvalue weighted by molar-refractivity contribution is 0.293. The fourth-order valence-corrected chi connectivity index (χ4v) is 6.93. The zero-order valence-electron chi connectivity index (χ0n) is 26.7. The first-order valence-corrected chi connectivity index (χ1v) is 16.4. The number of nitrogens with zero attached hydrogens (tertiary/aromatic N) is 6. The summed E-state index contributed by atoms with van der Waals surface area (Å²) in [6.45, 7) is 2.05. The van der Waals surface area contributed by atoms with Crippen molar-refractivity contribution in [3.63, 3.8) is 0 Å². The number of aromatic nitrogens is 6. The highest BCUT2D eigenvalue weighted by Gasteiger charge is 2.44. The molecule has 0 bridgehead atoms. The van der Waals surface area contributed by atoms with E-state index in [1.165, 1.54) is 12.1 Å². The lowest BCUT2D eigenvalue weighted by Crippen LogP contribution is -2.43. The number of allylic oxidation sites excluding steroid dienone is 4. The molecule has 0 aliphatic heterocycles. The summed E-state index contributed by atoms with van der Waals surface area (Å²) in [6, 6.07) is 28.0. The molecule has 4 heterocycles. The third-order valence-electron chi connectivity index (χ3n) is 9.18. The highest BCUT2D eigenvalue weighted by Crippen LogP contribution is 2.46. The van der Waals surface area contributed by atoms with Crippen LogP contribution < -0.4 is 0 Å². The van der Waals surface area contributed by atoms with Crippen molar-refractivity contribution >= 4 is 5.65 Å². The van der Waals surface area contributed by atoms with E-state index in [4.69, 9.17) is 9.62 Å². The van der Waals surface area contributed by atoms with E-state index >= 15 is 4.39 Å². The van der Waals surface area contributed by atoms with Crippen LogP contribution in [0.2, 0.25) is 0 Å². The Morgan fingerprint density at radius 3 is 2.35 bits per heavy atom. The van der Waals surface area contributed by atoms with Crippen molar-refractivity contribution in [2.75, 3.05) is 0 Å². The van der Waals surface area contributed by atoms with Gasteiger partial charge in [0.2, 0.25) is 11.7 Å². The molecule has 0 N–H and O–H groups in total. The standard InChI is InChI=1S/C40H32F2N6O/c1-2-12-37-44-39(46-49-37)35-24-43-36-22-19-27(25-47(35)36)33-26-48(45-38(33)32-21-20-31(41)23-34(32)42)40(28-13-6-3-7-14-28,29-15-8-4-9-16-29)30-17-10-5-11-18-30/h3-11,13-17,19-26,30H,2,12,18H2,1H3. The molecule has 0 spiro atoms. The predicted octanol–water partition coefficient (Wildman–Crippen LogP) is 9.07. The Bertz CT molecular complexity index is 2280. The molecule has 242 valence electrons. The van der Waals surface area contributed by atoms with Gasteiger partial charge in [0.25, 0.3) is 0 Å². The minimum Gasteiger partial charge on any atom is -0.339 e. The Morgan fingerprint density at radius 1 is 0.878 bits per heavy atom. The first-order valence-electron chi connectivity index (χ1n) is 16.4. The highest BCUT2D eigenvalue weighted by atomic mass is 19.1. The summed E-state index contributed by atoms with van der Waals surface area (Å²) in [6.07, 6.45) is 16.4. The smallest absolute Gasteiger partial charge is 0.226 e. The lowest BCUT2D eigenvalue weighted by atomic mass is 9.70. The van der Waals surface area contributed by atoms with Crippen LogP contribution in [0.15, 0.2) is 138 Å². The summed E-state index contributed by atoms with van der Waals surface area (Å²) >= 11 is 0. The summed E-state index contributed by atoms with van der Waals surface area (Å²) in [5.74, 6) is -0.408. The van der Waals surface area contributed by atoms with E-state index in [1.54, 1.807) is 6.20 Å². The second-order valence-electron chi connectivity index (χ2n) is 12.2. The monoisotopic (exact) mass is 650 g/mol. The van der Waals surface area contributed by atoms with Crippen LogP contribution in [0.3, 0.4) is 0 Å². The van der Waals surface area contributed by atoms with E-state index in [9.17, 15) is 4.39 Å². The summed E-state index contributed by atoms with van der Waals surface area (Å²) in [4.78, 5) is 9.16. The summed E-state index contributed by atoms with van der Waals surface area (Å²) in [5.41, 5.74) is 4.57. The van der Waals surface area contributed by atoms with Crippen molar-refractivity contribution in [2.45, 2.75) is 31.7 Å². The van der Waals surface area contributed by atoms with Crippen molar-refractivity contribution in [1.29, 1.82) is 0 Å². The van der Waals surface area contributed by atoms with Crippen LogP contribution in [0.5, 0.6) is 0 Å². The third-order valence-corrected chi connectivity index (χ3v) is 9.18. The Morgan fingerprint density at radius 2 is 1.65 bits per heavy atom. The maximum Gasteiger partial charge on any atom is 0.226 e. The summed E-state index contributed by atoms with van der Waals surface area (Å²) in [7, 11) is 0. The van der Waals surface area contributed by atoms with E-state index in [-0.39, 0.29) is 11.5 Å². The zero-order valence-corrected chi connectivity index (χ0v) is 26.7. The first-order chi connectivity index (χ1) is 24.1. The molecule has 0 saturated heterocycles. The van der Waals surface area contributed by atoms with Gasteiger partial charge in [-0.2, -0.15) is 10.1 Å². The number of benzene rings is 3. The van der Waals surface area contributed by atoms with Gasteiger partial charge < -0.3 is 4.52 Å². The molecule has 4 aromatic heterocycles. The number of hydrogen-bond acceptors (Lipinski definition) is 5. The first kappa shape index (κ1) is 30.4. The Labute approximate surface area is 281 Å². The molecule has 7 nitrogen and oxygen atoms in total. The van der Waals surface area contributed by atoms with Gasteiger partial charge in [-0.15, -0.1) is 0 Å². The largest absolute Gasteiger partial charge is 0.339 e. The van der Waals surface area contributed by atoms with Crippen molar-refractivity contribution < 1.29 is 13.3 Å². The van der Waals surface area contributed by atoms with Gasteiger partial charge >= 0.3 is 0 Å². The van der Waals surface area contributed by atoms with E-state index < -0.39 is 17.2 Å². The van der Waals surface area contributed by atoms with Crippen molar-refractivity contribution in [3.8, 4) is 33.9 Å². The van der Waals surface area contributed by atoms with E-state index in [1.807, 2.05) is 70.0 Å². The minimum atomic E-state index is -0.822. The summed E-state index contributed by atoms with van der Waals surface area (Å²) < 4.78 is 39.3. The van der Waals surface area contributed by atoms with Crippen LogP contribution in [0.4, 0.5) is 8.78 Å². The van der Waals surface area contributed by atoms with Gasteiger partial charge in [0.15, 0.2) is 0 Å². The summed E-state index contributed by atoms with van der Waals surface area (Å²) in [5, 5.41) is 9.46. The number of halogens is 2. The normalized spacial score (nSPS) is 14.6. The van der Waals surface area contributed by atoms with Gasteiger partial charge in [-0.05, 0) is 48.2 Å². The molecule has 1 aliphatic carbocycles. The van der Waals surface area contributed by atoms with Crippen LogP contribution in [0.25, 0.3) is 39.5 Å². The van der Waals surface area contributed by atoms with Crippen LogP contribution >= 0.6 is 0 Å². The number of hydrogen-bond donors (Lipinski definition) is 0. The molecule has 0 radical (unpaired) electrons. The van der Waals surface area contributed by atoms with E-state index in [0.717, 1.165) is 35.6 Å². The van der Waals surface area contributed by atoms with E-state index in [2.05, 4.69) is 70.6 Å². The van der Waals surface area contributed by atoms with E-state index in [0.29, 0.717) is 40.7 Å². The molecular formula is C40H32F2N6O. The van der Waals surface area contributed by atoms with Crippen LogP contribution in [0.1, 0.15) is 36.8 Å². The average molecular weight is 651 g/mol. The lowest BCUT2D eigenvalue weighted by Gasteiger charge is -2.41. The fraction of sp³-hybridized carbons (Fsp3) is 0.150. The fourth-order valence-electron chi connectivity index (χ4n) is 6.93. The molecular weight excluding hydrogens is 618 g/mol. The zero-order chi connectivity index (χ0) is 33.4. The van der Waals surface area contributed by atoms with Gasteiger partial charge in [-0.1, -0.05) is 97.0 Å². The maximum absolute atomic E-state index is 15.7. The molecule has 49 heavy (non-hydrogen) atoms. The van der Waals surface area contributed by atoms with Gasteiger partial charge in [-0.3, -0.25) is 9.08 Å². The number of rotatable bonds is 9. The minimum absolute atomic E-state index is 0.0424. The topological polar surface area (TPSA) is 74.0 Å². The van der Waals surface area contributed by atoms with Gasteiger partial charge in [0.1, 0.15) is 34.2 Å². The highest BCUT2D eigenvalue weighted by molar-refractivity contribution is 5.81. The van der Waals surface area contributed by atoms with Crippen molar-refractivity contribution in [1.82, 2.24) is 29.3 Å². The molecule has 8 rings (SSSR count). The third kappa shape index (κ3) is 5.27. The molecule has 7 aromatic rings. The van der Waals surface area contributed by atoms with Crippen LogP contribution in [-0.2, 0) is 12.0 Å². The quantitative estimate of drug-likeness (QED) is 0.156. The van der Waals surface area contributed by atoms with Crippen LogP contribution in [-0.4, -0.2) is 29.3 Å².